The number of carbonyl (C=O) groups is 1. The lowest BCUT2D eigenvalue weighted by molar-refractivity contribution is -0.215. The fraction of sp³-hybridized carbons (Fsp3) is 0.960. The Balaban J connectivity index is 1.56. The summed E-state index contributed by atoms with van der Waals surface area (Å²) in [5.41, 5.74) is 0.409. The summed E-state index contributed by atoms with van der Waals surface area (Å²) < 4.78 is 4.85. The Bertz CT molecular complexity index is 620. The Kier molecular flexibility index (Phi) is 5.83. The van der Waals surface area contributed by atoms with Crippen LogP contribution in [0.4, 0.5) is 0 Å². The van der Waals surface area contributed by atoms with Gasteiger partial charge >= 0.3 is 5.97 Å². The molecular weight excluding hydrogens is 364 g/mol. The zero-order valence-corrected chi connectivity index (χ0v) is 18.9. The van der Waals surface area contributed by atoms with Gasteiger partial charge in [0.1, 0.15) is 0 Å². The van der Waals surface area contributed by atoms with Crippen molar-refractivity contribution in [2.75, 3.05) is 7.11 Å². The van der Waals surface area contributed by atoms with E-state index in [2.05, 4.69) is 20.8 Å². The van der Waals surface area contributed by atoms with Gasteiger partial charge in [0.25, 0.3) is 0 Å². The summed E-state index contributed by atoms with van der Waals surface area (Å²) in [6.07, 6.45) is 9.80. The highest BCUT2D eigenvalue weighted by molar-refractivity contribution is 5.69. The second-order valence-electron chi connectivity index (χ2n) is 11.5. The lowest BCUT2D eigenvalue weighted by Crippen LogP contribution is -2.63. The maximum absolute atomic E-state index is 11.6. The average molecular weight is 407 g/mol. The largest absolute Gasteiger partial charge is 0.469 e. The number of fused-ring (bicyclic) bond motifs is 5. The lowest BCUT2D eigenvalue weighted by atomic mass is 9.43. The lowest BCUT2D eigenvalue weighted by Gasteiger charge is -2.63. The van der Waals surface area contributed by atoms with E-state index < -0.39 is 12.2 Å². The number of hydrogen-bond acceptors (Lipinski definition) is 4. The van der Waals surface area contributed by atoms with Crippen LogP contribution in [-0.4, -0.2) is 35.5 Å². The maximum Gasteiger partial charge on any atom is 0.305 e. The van der Waals surface area contributed by atoms with Crippen LogP contribution in [0.15, 0.2) is 0 Å². The highest BCUT2D eigenvalue weighted by atomic mass is 16.5. The first-order valence-electron chi connectivity index (χ1n) is 12.2. The van der Waals surface area contributed by atoms with Gasteiger partial charge in [-0.2, -0.15) is 0 Å². The first-order chi connectivity index (χ1) is 13.7. The normalized spacial score (nSPS) is 50.2. The first kappa shape index (κ1) is 21.6. The number of aliphatic hydroxyl groups excluding tert-OH is 2. The number of ether oxygens (including phenoxy) is 1. The molecule has 4 fully saturated rings. The molecule has 0 heterocycles. The Morgan fingerprint density at radius 3 is 2.41 bits per heavy atom. The molecule has 4 saturated carbocycles. The molecule has 4 aliphatic carbocycles. The molecule has 0 bridgehead atoms. The van der Waals surface area contributed by atoms with Gasteiger partial charge < -0.3 is 14.9 Å². The van der Waals surface area contributed by atoms with Crippen molar-refractivity contribution in [2.24, 2.45) is 46.3 Å². The molecule has 2 N–H and O–H groups in total. The molecule has 4 nitrogen and oxygen atoms in total. The van der Waals surface area contributed by atoms with Gasteiger partial charge in [0.05, 0.1) is 19.3 Å². The first-order valence-corrected chi connectivity index (χ1v) is 12.2. The van der Waals surface area contributed by atoms with Gasteiger partial charge in [-0.15, -0.1) is 0 Å². The molecule has 0 spiro atoms. The third kappa shape index (κ3) is 3.28. The number of carbonyl (C=O) groups excluding carboxylic acids is 1. The van der Waals surface area contributed by atoms with Crippen molar-refractivity contribution < 1.29 is 19.7 Å². The maximum atomic E-state index is 11.6. The van der Waals surface area contributed by atoms with Crippen molar-refractivity contribution in [1.29, 1.82) is 0 Å². The Hall–Kier alpha value is -0.610. The minimum absolute atomic E-state index is 0.109. The zero-order chi connectivity index (χ0) is 21.0. The Morgan fingerprint density at radius 1 is 0.966 bits per heavy atom. The standard InChI is InChI=1S/C25H42O4/c1-15(8-11-20(26)29-4)16-9-10-17-21-18(12-14-25(16,17)3)24(2)13-6-5-7-19(24)22(27)23(21)28/h15-19,21-23,27-28H,5-14H2,1-4H3/t15-,16+,17-,18-,19-,21-,22-,23+,24+,25+/m0/s1. The van der Waals surface area contributed by atoms with Crippen LogP contribution < -0.4 is 0 Å². The summed E-state index contributed by atoms with van der Waals surface area (Å²) in [4.78, 5) is 11.6. The van der Waals surface area contributed by atoms with Crippen LogP contribution >= 0.6 is 0 Å². The predicted octanol–water partition coefficient (Wildman–Crippen LogP) is 4.57. The van der Waals surface area contributed by atoms with Crippen LogP contribution in [0.2, 0.25) is 0 Å². The summed E-state index contributed by atoms with van der Waals surface area (Å²) in [6.45, 7) is 7.18. The second kappa shape index (κ2) is 7.82. The molecule has 29 heavy (non-hydrogen) atoms. The SMILES string of the molecule is COC(=O)CC[C@H](C)[C@H]1CC[C@H]2[C@@H]3[C@@H](O)[C@@H](O)[C@@H]4CCCC[C@]4(C)[C@H]3CC[C@]12C. The van der Waals surface area contributed by atoms with Gasteiger partial charge in [0, 0.05) is 6.42 Å². The molecule has 0 aliphatic heterocycles. The van der Waals surface area contributed by atoms with E-state index in [-0.39, 0.29) is 28.6 Å². The smallest absolute Gasteiger partial charge is 0.305 e. The van der Waals surface area contributed by atoms with E-state index in [0.29, 0.717) is 30.1 Å². The zero-order valence-electron chi connectivity index (χ0n) is 18.9. The van der Waals surface area contributed by atoms with Gasteiger partial charge in [-0.3, -0.25) is 4.79 Å². The number of aliphatic hydroxyl groups is 2. The van der Waals surface area contributed by atoms with Gasteiger partial charge in [0.15, 0.2) is 0 Å². The van der Waals surface area contributed by atoms with Crippen molar-refractivity contribution >= 4 is 5.97 Å². The summed E-state index contributed by atoms with van der Waals surface area (Å²) >= 11 is 0. The molecule has 4 rings (SSSR count). The highest BCUT2D eigenvalue weighted by Crippen LogP contribution is 2.68. The number of esters is 1. The second-order valence-corrected chi connectivity index (χ2v) is 11.5. The summed E-state index contributed by atoms with van der Waals surface area (Å²) in [5, 5.41) is 22.4. The fourth-order valence-electron chi connectivity index (χ4n) is 8.94. The predicted molar refractivity (Wildman–Crippen MR) is 113 cm³/mol. The molecule has 0 unspecified atom stereocenters. The van der Waals surface area contributed by atoms with Crippen LogP contribution in [0, 0.1) is 46.3 Å². The Labute approximate surface area is 176 Å². The molecule has 0 aromatic heterocycles. The van der Waals surface area contributed by atoms with E-state index in [9.17, 15) is 15.0 Å². The molecule has 0 aromatic carbocycles. The molecular formula is C25H42O4. The summed E-state index contributed by atoms with van der Waals surface area (Å²) in [5.74, 6) is 2.53. The fourth-order valence-corrected chi connectivity index (χ4v) is 8.94. The quantitative estimate of drug-likeness (QED) is 0.671. The third-order valence-corrected chi connectivity index (χ3v) is 10.5. The van der Waals surface area contributed by atoms with E-state index in [1.54, 1.807) is 0 Å². The van der Waals surface area contributed by atoms with E-state index in [1.807, 2.05) is 0 Å². The summed E-state index contributed by atoms with van der Waals surface area (Å²) in [7, 11) is 1.47. The highest BCUT2D eigenvalue weighted by Gasteiger charge is 2.64. The van der Waals surface area contributed by atoms with E-state index >= 15 is 0 Å². The van der Waals surface area contributed by atoms with Gasteiger partial charge in [-0.25, -0.2) is 0 Å². The van der Waals surface area contributed by atoms with Gasteiger partial charge in [0.2, 0.25) is 0 Å². The topological polar surface area (TPSA) is 66.8 Å². The van der Waals surface area contributed by atoms with Crippen molar-refractivity contribution in [3.05, 3.63) is 0 Å². The van der Waals surface area contributed by atoms with Crippen molar-refractivity contribution in [3.8, 4) is 0 Å². The van der Waals surface area contributed by atoms with E-state index in [1.165, 1.54) is 45.6 Å². The van der Waals surface area contributed by atoms with Gasteiger partial charge in [-0.05, 0) is 91.3 Å². The number of methoxy groups -OCH3 is 1. The Morgan fingerprint density at radius 2 is 1.69 bits per heavy atom. The van der Waals surface area contributed by atoms with Crippen molar-refractivity contribution in [1.82, 2.24) is 0 Å². The van der Waals surface area contributed by atoms with E-state index in [4.69, 9.17) is 4.74 Å². The molecule has 0 aromatic rings. The van der Waals surface area contributed by atoms with Crippen LogP contribution in [0.3, 0.4) is 0 Å². The molecule has 4 heteroatoms. The van der Waals surface area contributed by atoms with E-state index in [0.717, 1.165) is 19.3 Å². The number of hydrogen-bond donors (Lipinski definition) is 2. The molecule has 166 valence electrons. The van der Waals surface area contributed by atoms with Crippen LogP contribution in [0.5, 0.6) is 0 Å². The molecule has 0 saturated heterocycles. The monoisotopic (exact) mass is 406 g/mol. The van der Waals surface area contributed by atoms with Gasteiger partial charge in [-0.1, -0.05) is 33.6 Å². The number of rotatable bonds is 4. The molecule has 0 radical (unpaired) electrons. The summed E-state index contributed by atoms with van der Waals surface area (Å²) in [6, 6.07) is 0. The van der Waals surface area contributed by atoms with Crippen molar-refractivity contribution in [3.63, 3.8) is 0 Å². The van der Waals surface area contributed by atoms with Crippen molar-refractivity contribution in [2.45, 2.75) is 97.2 Å². The molecule has 10 atom stereocenters. The third-order valence-electron chi connectivity index (χ3n) is 10.5. The van der Waals surface area contributed by atoms with Crippen LogP contribution in [0.25, 0.3) is 0 Å². The molecule has 0 amide bonds. The van der Waals surface area contributed by atoms with Crippen LogP contribution in [0.1, 0.15) is 85.0 Å². The van der Waals surface area contributed by atoms with Crippen LogP contribution in [-0.2, 0) is 9.53 Å². The minimum Gasteiger partial charge on any atom is -0.469 e. The minimum atomic E-state index is -0.565. The molecule has 4 aliphatic rings. The average Bonchev–Trinajstić information content (AvgIpc) is 3.06.